The highest BCUT2D eigenvalue weighted by atomic mass is 32.2. The number of rotatable bonds is 7. The van der Waals surface area contributed by atoms with Crippen molar-refractivity contribution in [3.63, 3.8) is 0 Å². The summed E-state index contributed by atoms with van der Waals surface area (Å²) >= 11 is 0. The van der Waals surface area contributed by atoms with Crippen LogP contribution in [0.3, 0.4) is 0 Å². The summed E-state index contributed by atoms with van der Waals surface area (Å²) in [5.74, 6) is -0.758. The van der Waals surface area contributed by atoms with Gasteiger partial charge in [-0.3, -0.25) is 4.31 Å². The van der Waals surface area contributed by atoms with Crippen LogP contribution in [-0.4, -0.2) is 27.0 Å². The summed E-state index contributed by atoms with van der Waals surface area (Å²) < 4.78 is 32.2. The summed E-state index contributed by atoms with van der Waals surface area (Å²) in [6.07, 6.45) is 0.557. The van der Waals surface area contributed by atoms with Crippen LogP contribution < -0.4 is 4.31 Å². The van der Waals surface area contributed by atoms with Crippen molar-refractivity contribution in [3.8, 4) is 6.07 Å². The van der Waals surface area contributed by atoms with Gasteiger partial charge in [-0.1, -0.05) is 30.3 Å². The molecule has 1 unspecified atom stereocenters. The van der Waals surface area contributed by atoms with Gasteiger partial charge < -0.3 is 4.74 Å². The molecule has 0 saturated carbocycles. The largest absolute Gasteiger partial charge is 0.444 e. The minimum Gasteiger partial charge on any atom is -0.444 e. The Hall–Kier alpha value is -3.11. The monoisotopic (exact) mass is 370 g/mol. The van der Waals surface area contributed by atoms with Crippen molar-refractivity contribution in [1.29, 1.82) is 5.26 Å². The number of esters is 1. The first kappa shape index (κ1) is 19.2. The molecule has 2 aromatic carbocycles. The molecule has 7 heteroatoms. The molecule has 0 heterocycles. The van der Waals surface area contributed by atoms with Gasteiger partial charge in [-0.15, -0.1) is 6.58 Å². The molecule has 0 fully saturated rings. The lowest BCUT2D eigenvalue weighted by atomic mass is 10.2. The van der Waals surface area contributed by atoms with Crippen molar-refractivity contribution in [3.05, 3.63) is 72.8 Å². The number of nitriles is 1. The highest BCUT2D eigenvalue weighted by Gasteiger charge is 2.25. The molecule has 0 aliphatic rings. The number of hydrogen-bond donors (Lipinski definition) is 0. The van der Waals surface area contributed by atoms with Gasteiger partial charge in [0.25, 0.3) is 10.0 Å². The van der Waals surface area contributed by atoms with Gasteiger partial charge >= 0.3 is 5.97 Å². The van der Waals surface area contributed by atoms with E-state index in [1.54, 1.807) is 36.4 Å². The molecule has 0 aliphatic heterocycles. The van der Waals surface area contributed by atoms with Crippen molar-refractivity contribution in [2.24, 2.45) is 0 Å². The minimum absolute atomic E-state index is 0.0535. The summed E-state index contributed by atoms with van der Waals surface area (Å²) in [4.78, 5) is 12.0. The molecule has 134 valence electrons. The summed E-state index contributed by atoms with van der Waals surface area (Å²) in [5, 5.41) is 8.73. The molecule has 0 N–H and O–H groups in total. The molecule has 6 nitrogen and oxygen atoms in total. The van der Waals surface area contributed by atoms with Crippen molar-refractivity contribution >= 4 is 21.7 Å². The van der Waals surface area contributed by atoms with Crippen LogP contribution in [0, 0.1) is 11.3 Å². The molecule has 2 aromatic rings. The van der Waals surface area contributed by atoms with Crippen LogP contribution in [0.15, 0.2) is 72.1 Å². The first-order valence-electron chi connectivity index (χ1n) is 7.79. The first-order valence-corrected chi connectivity index (χ1v) is 9.23. The Labute approximate surface area is 153 Å². The molecule has 0 aliphatic carbocycles. The number of benzene rings is 2. The fraction of sp³-hybridized carbons (Fsp3) is 0.158. The zero-order valence-corrected chi connectivity index (χ0v) is 15.0. The van der Waals surface area contributed by atoms with Crippen molar-refractivity contribution < 1.29 is 17.9 Å². The number of carbonyl (C=O) groups is 1. The standard InChI is InChI=1S/C19H18N2O4S/c1-3-12-21(17-9-5-4-6-10-17)26(23,24)18-11-7-8-16(13-18)19(22)25-15(2)14-20/h3-11,13,15H,1,12H2,2H3. The van der Waals surface area contributed by atoms with Gasteiger partial charge in [0.15, 0.2) is 6.10 Å². The third-order valence-electron chi connectivity index (χ3n) is 3.46. The Morgan fingerprint density at radius 3 is 2.58 bits per heavy atom. The van der Waals surface area contributed by atoms with Gasteiger partial charge in [-0.2, -0.15) is 5.26 Å². The van der Waals surface area contributed by atoms with E-state index in [1.165, 1.54) is 41.6 Å². The van der Waals surface area contributed by atoms with Gasteiger partial charge in [-0.25, -0.2) is 13.2 Å². The molecule has 0 aromatic heterocycles. The van der Waals surface area contributed by atoms with Gasteiger partial charge in [0.05, 0.1) is 22.7 Å². The first-order chi connectivity index (χ1) is 12.4. The fourth-order valence-electron chi connectivity index (χ4n) is 2.22. The van der Waals surface area contributed by atoms with Gasteiger partial charge in [-0.05, 0) is 37.3 Å². The zero-order valence-electron chi connectivity index (χ0n) is 14.2. The van der Waals surface area contributed by atoms with Gasteiger partial charge in [0.2, 0.25) is 0 Å². The summed E-state index contributed by atoms with van der Waals surface area (Å²) in [6, 6.07) is 15.9. The van der Waals surface area contributed by atoms with Crippen LogP contribution in [0.25, 0.3) is 0 Å². The van der Waals surface area contributed by atoms with Crippen molar-refractivity contribution in [2.75, 3.05) is 10.8 Å². The second-order valence-electron chi connectivity index (χ2n) is 5.36. The molecule has 1 atom stereocenters. The van der Waals surface area contributed by atoms with E-state index in [9.17, 15) is 13.2 Å². The van der Waals surface area contributed by atoms with E-state index in [-0.39, 0.29) is 17.0 Å². The number of anilines is 1. The third-order valence-corrected chi connectivity index (χ3v) is 5.25. The second kappa shape index (κ2) is 8.32. The SMILES string of the molecule is C=CCN(c1ccccc1)S(=O)(=O)c1cccc(C(=O)OC(C)C#N)c1. The molecule has 0 saturated heterocycles. The van der Waals surface area contributed by atoms with E-state index in [1.807, 2.05) is 0 Å². The molecule has 26 heavy (non-hydrogen) atoms. The summed E-state index contributed by atoms with van der Waals surface area (Å²) in [7, 11) is -3.92. The number of hydrogen-bond acceptors (Lipinski definition) is 5. The third kappa shape index (κ3) is 4.29. The summed E-state index contributed by atoms with van der Waals surface area (Å²) in [5.41, 5.74) is 0.540. The average molecular weight is 370 g/mol. The molecule has 0 amide bonds. The Bertz CT molecular complexity index is 934. The Morgan fingerprint density at radius 1 is 1.27 bits per heavy atom. The molecule has 0 bridgehead atoms. The topological polar surface area (TPSA) is 87.5 Å². The minimum atomic E-state index is -3.92. The molecule has 0 radical (unpaired) electrons. The highest BCUT2D eigenvalue weighted by Crippen LogP contribution is 2.24. The predicted molar refractivity (Wildman–Crippen MR) is 98.1 cm³/mol. The maximum atomic E-state index is 13.0. The number of carbonyl (C=O) groups excluding carboxylic acids is 1. The van der Waals surface area contributed by atoms with Crippen LogP contribution in [-0.2, 0) is 14.8 Å². The van der Waals surface area contributed by atoms with E-state index >= 15 is 0 Å². The maximum Gasteiger partial charge on any atom is 0.339 e. The smallest absolute Gasteiger partial charge is 0.339 e. The maximum absolute atomic E-state index is 13.0. The van der Waals surface area contributed by atoms with Crippen LogP contribution >= 0.6 is 0 Å². The van der Waals surface area contributed by atoms with Crippen LogP contribution in [0.4, 0.5) is 5.69 Å². The molecular formula is C19H18N2O4S. The Balaban J connectivity index is 2.42. The van der Waals surface area contributed by atoms with E-state index in [2.05, 4.69) is 6.58 Å². The Morgan fingerprint density at radius 2 is 1.96 bits per heavy atom. The number of para-hydroxylation sites is 1. The second-order valence-corrected chi connectivity index (χ2v) is 7.23. The normalized spacial score (nSPS) is 11.8. The van der Waals surface area contributed by atoms with Crippen molar-refractivity contribution in [1.82, 2.24) is 0 Å². The van der Waals surface area contributed by atoms with Gasteiger partial charge in [0, 0.05) is 0 Å². The van der Waals surface area contributed by atoms with Crippen molar-refractivity contribution in [2.45, 2.75) is 17.9 Å². The zero-order chi connectivity index (χ0) is 19.2. The average Bonchev–Trinajstić information content (AvgIpc) is 2.66. The lowest BCUT2D eigenvalue weighted by Gasteiger charge is -2.23. The predicted octanol–water partition coefficient (Wildman–Crippen LogP) is 3.14. The van der Waals surface area contributed by atoms with E-state index in [0.29, 0.717) is 5.69 Å². The lowest BCUT2D eigenvalue weighted by molar-refractivity contribution is 0.0435. The lowest BCUT2D eigenvalue weighted by Crippen LogP contribution is -2.31. The van der Waals surface area contributed by atoms with Crippen LogP contribution in [0.5, 0.6) is 0 Å². The molecule has 0 spiro atoms. The van der Waals surface area contributed by atoms with Crippen LogP contribution in [0.1, 0.15) is 17.3 Å². The van der Waals surface area contributed by atoms with E-state index in [4.69, 9.17) is 10.00 Å². The molecule has 2 rings (SSSR count). The Kier molecular flexibility index (Phi) is 6.15. The fourth-order valence-corrected chi connectivity index (χ4v) is 3.70. The van der Waals surface area contributed by atoms with E-state index in [0.717, 1.165) is 0 Å². The highest BCUT2D eigenvalue weighted by molar-refractivity contribution is 7.92. The number of sulfonamides is 1. The van der Waals surface area contributed by atoms with Gasteiger partial charge in [0.1, 0.15) is 6.07 Å². The number of ether oxygens (including phenoxy) is 1. The quantitative estimate of drug-likeness (QED) is 0.552. The van der Waals surface area contributed by atoms with E-state index < -0.39 is 22.1 Å². The summed E-state index contributed by atoms with van der Waals surface area (Å²) in [6.45, 7) is 5.12. The molecular weight excluding hydrogens is 352 g/mol. The number of nitrogens with zero attached hydrogens (tertiary/aromatic N) is 2. The van der Waals surface area contributed by atoms with Crippen LogP contribution in [0.2, 0.25) is 0 Å².